The summed E-state index contributed by atoms with van der Waals surface area (Å²) in [6.07, 6.45) is 5.64. The number of alkyl halides is 1. The Balaban J connectivity index is 1.99. The quantitative estimate of drug-likeness (QED) is 0.391. The summed E-state index contributed by atoms with van der Waals surface area (Å²) in [5.41, 5.74) is -2.05. The number of carbonyl (C=O) groups is 3. The van der Waals surface area contributed by atoms with Gasteiger partial charge < -0.3 is 10.1 Å². The number of nitrogens with one attached hydrogen (secondary N) is 1. The normalized spacial score (nSPS) is 29.8. The molecule has 3 atom stereocenters. The molecule has 0 saturated carbocycles. The Morgan fingerprint density at radius 1 is 1.18 bits per heavy atom. The van der Waals surface area contributed by atoms with Gasteiger partial charge in [0.05, 0.1) is 13.7 Å². The van der Waals surface area contributed by atoms with Crippen molar-refractivity contribution in [2.24, 2.45) is 5.41 Å². The van der Waals surface area contributed by atoms with Gasteiger partial charge in [-0.1, -0.05) is 58.2 Å². The second-order valence-electron chi connectivity index (χ2n) is 8.64. The van der Waals surface area contributed by atoms with E-state index >= 15 is 0 Å². The van der Waals surface area contributed by atoms with Crippen molar-refractivity contribution in [3.8, 4) is 12.3 Å². The molecule has 1 N–H and O–H groups in total. The molecule has 3 aliphatic rings. The Labute approximate surface area is 200 Å². The predicted molar refractivity (Wildman–Crippen MR) is 127 cm³/mol. The maximum Gasteiger partial charge on any atom is 0.315 e. The summed E-state index contributed by atoms with van der Waals surface area (Å²) in [6, 6.07) is 14.6. The van der Waals surface area contributed by atoms with Crippen LogP contribution in [0.4, 0.5) is 11.4 Å². The first-order valence-electron chi connectivity index (χ1n) is 10.5. The molecule has 2 aromatic carbocycles. The lowest BCUT2D eigenvalue weighted by Crippen LogP contribution is -2.66. The average molecular weight is 508 g/mol. The topological polar surface area (TPSA) is 79.0 Å². The number of nitrogens with zero attached hydrogens (tertiary/aromatic N) is 2. The van der Waals surface area contributed by atoms with E-state index in [4.69, 9.17) is 11.2 Å². The molecule has 168 valence electrons. The van der Waals surface area contributed by atoms with Crippen LogP contribution in [0.25, 0.3) is 0 Å². The first kappa shape index (κ1) is 21.7. The summed E-state index contributed by atoms with van der Waals surface area (Å²) in [5.74, 6) is 1.25. The van der Waals surface area contributed by atoms with E-state index in [0.717, 1.165) is 0 Å². The molecule has 5 rings (SSSR count). The number of methoxy groups -OCH3 is 1. The second-order valence-corrected chi connectivity index (χ2v) is 9.20. The van der Waals surface area contributed by atoms with E-state index in [-0.39, 0.29) is 30.2 Å². The summed E-state index contributed by atoms with van der Waals surface area (Å²) >= 11 is 3.55. The molecule has 2 amide bonds. The number of esters is 1. The number of hydrogen-bond donors (Lipinski definition) is 1. The van der Waals surface area contributed by atoms with Crippen LogP contribution in [0.15, 0.2) is 48.5 Å². The highest BCUT2D eigenvalue weighted by molar-refractivity contribution is 9.09. The number of rotatable bonds is 3. The smallest absolute Gasteiger partial charge is 0.315 e. The number of hydrogen-bond acceptors (Lipinski definition) is 5. The van der Waals surface area contributed by atoms with Gasteiger partial charge in [-0.05, 0) is 24.7 Å². The van der Waals surface area contributed by atoms with E-state index in [1.165, 1.54) is 12.0 Å². The van der Waals surface area contributed by atoms with Gasteiger partial charge in [0.25, 0.3) is 5.91 Å². The maximum atomic E-state index is 14.6. The van der Waals surface area contributed by atoms with Crippen LogP contribution in [0.5, 0.6) is 0 Å². The molecule has 8 heteroatoms. The largest absolute Gasteiger partial charge is 0.468 e. The number of likely N-dealkylation sites (tertiary alicyclic amines) is 1. The number of para-hydroxylation sites is 2. The standard InChI is InChI=1S/C25H22BrN3O4/c1-4-13-29-19-12-8-6-10-17(19)24(21(29)31)23(14-26,22(32)33-3)15-28(2)25(24)16-9-5-7-11-18(16)27-20(25)30/h1,5-12H,13-15H2,2-3H3,(H,27,30)/t23-,24-,25-/m1/s1. The second kappa shape index (κ2) is 7.17. The Kier molecular flexibility index (Phi) is 4.71. The van der Waals surface area contributed by atoms with Crippen LogP contribution in [0.1, 0.15) is 11.1 Å². The minimum atomic E-state index is -1.62. The lowest BCUT2D eigenvalue weighted by molar-refractivity contribution is -0.159. The van der Waals surface area contributed by atoms with Crippen LogP contribution in [0.2, 0.25) is 0 Å². The van der Waals surface area contributed by atoms with Crippen LogP contribution in [-0.4, -0.2) is 55.3 Å². The fraction of sp³-hybridized carbons (Fsp3) is 0.320. The Morgan fingerprint density at radius 2 is 1.85 bits per heavy atom. The SMILES string of the molecule is C#CCN1C(=O)[C@]2(c3ccccc31)[C@@](CBr)(C(=O)OC)CN(C)[C@]21C(=O)Nc2ccccc21. The molecule has 33 heavy (non-hydrogen) atoms. The lowest BCUT2D eigenvalue weighted by atomic mass is 9.53. The van der Waals surface area contributed by atoms with Crippen molar-refractivity contribution >= 4 is 45.1 Å². The number of terminal acetylenes is 1. The zero-order valence-corrected chi connectivity index (χ0v) is 19.8. The molecule has 1 saturated heterocycles. The Bertz CT molecular complexity index is 1260. The highest BCUT2D eigenvalue weighted by Crippen LogP contribution is 2.69. The van der Waals surface area contributed by atoms with Gasteiger partial charge in [-0.25, -0.2) is 0 Å². The minimum absolute atomic E-state index is 0.0141. The third-order valence-electron chi connectivity index (χ3n) is 7.45. The van der Waals surface area contributed by atoms with E-state index in [2.05, 4.69) is 27.2 Å². The summed E-state index contributed by atoms with van der Waals surface area (Å²) in [7, 11) is 3.08. The monoisotopic (exact) mass is 507 g/mol. The van der Waals surface area contributed by atoms with Crippen molar-refractivity contribution in [3.05, 3.63) is 59.7 Å². The van der Waals surface area contributed by atoms with Crippen LogP contribution < -0.4 is 10.2 Å². The van der Waals surface area contributed by atoms with Crippen LogP contribution in [0, 0.1) is 17.8 Å². The van der Waals surface area contributed by atoms with E-state index < -0.39 is 22.3 Å². The van der Waals surface area contributed by atoms with Gasteiger partial charge in [-0.2, -0.15) is 0 Å². The first-order valence-corrected chi connectivity index (χ1v) is 11.6. The third kappa shape index (κ3) is 2.17. The van der Waals surface area contributed by atoms with Gasteiger partial charge in [0.2, 0.25) is 5.91 Å². The molecule has 0 unspecified atom stereocenters. The van der Waals surface area contributed by atoms with Gasteiger partial charge in [0, 0.05) is 28.8 Å². The van der Waals surface area contributed by atoms with E-state index in [0.29, 0.717) is 22.5 Å². The maximum absolute atomic E-state index is 14.6. The highest BCUT2D eigenvalue weighted by Gasteiger charge is 2.84. The predicted octanol–water partition coefficient (Wildman–Crippen LogP) is 2.25. The molecule has 0 bridgehead atoms. The number of ether oxygens (including phenoxy) is 1. The third-order valence-corrected chi connectivity index (χ3v) is 8.41. The van der Waals surface area contributed by atoms with Crippen molar-refractivity contribution in [2.75, 3.05) is 42.8 Å². The molecule has 0 aromatic heterocycles. The van der Waals surface area contributed by atoms with E-state index in [1.807, 2.05) is 41.3 Å². The summed E-state index contributed by atoms with van der Waals surface area (Å²) in [6.45, 7) is 0.136. The number of likely N-dealkylation sites (N-methyl/N-ethyl adjacent to an activating group) is 1. The zero-order valence-electron chi connectivity index (χ0n) is 18.2. The van der Waals surface area contributed by atoms with E-state index in [9.17, 15) is 14.4 Å². The van der Waals surface area contributed by atoms with Gasteiger partial charge >= 0.3 is 5.97 Å². The molecular weight excluding hydrogens is 486 g/mol. The molecule has 2 aromatic rings. The average Bonchev–Trinajstić information content (AvgIpc) is 3.37. The number of anilines is 2. The summed E-state index contributed by atoms with van der Waals surface area (Å²) in [5, 5.41) is 3.08. The number of fused-ring (bicyclic) bond motifs is 5. The van der Waals surface area contributed by atoms with Crippen molar-refractivity contribution in [1.82, 2.24) is 4.90 Å². The lowest BCUT2D eigenvalue weighted by Gasteiger charge is -2.46. The molecule has 7 nitrogen and oxygen atoms in total. The zero-order chi connectivity index (χ0) is 23.6. The van der Waals surface area contributed by atoms with Crippen LogP contribution in [-0.2, 0) is 30.1 Å². The number of benzene rings is 2. The Hall–Kier alpha value is -3.15. The minimum Gasteiger partial charge on any atom is -0.468 e. The van der Waals surface area contributed by atoms with E-state index in [1.54, 1.807) is 19.2 Å². The van der Waals surface area contributed by atoms with Crippen molar-refractivity contribution in [2.45, 2.75) is 11.0 Å². The van der Waals surface area contributed by atoms with Gasteiger partial charge in [-0.3, -0.25) is 24.2 Å². The molecule has 2 spiro atoms. The summed E-state index contributed by atoms with van der Waals surface area (Å²) < 4.78 is 5.31. The van der Waals surface area contributed by atoms with Gasteiger partial charge in [0.15, 0.2) is 0 Å². The van der Waals surface area contributed by atoms with Crippen LogP contribution >= 0.6 is 15.9 Å². The van der Waals surface area contributed by atoms with Crippen LogP contribution in [0.3, 0.4) is 0 Å². The molecule has 0 radical (unpaired) electrons. The highest BCUT2D eigenvalue weighted by atomic mass is 79.9. The van der Waals surface area contributed by atoms with Crippen molar-refractivity contribution < 1.29 is 19.1 Å². The van der Waals surface area contributed by atoms with Crippen molar-refractivity contribution in [1.29, 1.82) is 0 Å². The fourth-order valence-electron chi connectivity index (χ4n) is 6.39. The van der Waals surface area contributed by atoms with Gasteiger partial charge in [-0.15, -0.1) is 6.42 Å². The number of halogens is 1. The first-order chi connectivity index (χ1) is 15.9. The molecule has 3 aliphatic heterocycles. The molecule has 3 heterocycles. The molecule has 0 aliphatic carbocycles. The Morgan fingerprint density at radius 3 is 2.52 bits per heavy atom. The fourth-order valence-corrected chi connectivity index (χ4v) is 7.22. The number of carbonyl (C=O) groups excluding carboxylic acids is 3. The van der Waals surface area contributed by atoms with Gasteiger partial charge in [0.1, 0.15) is 16.4 Å². The summed E-state index contributed by atoms with van der Waals surface area (Å²) in [4.78, 5) is 45.6. The number of amides is 2. The molecular formula is C25H22BrN3O4. The van der Waals surface area contributed by atoms with Crippen molar-refractivity contribution in [3.63, 3.8) is 0 Å². The molecule has 1 fully saturated rings.